The molecular weight excluding hydrogens is 352 g/mol. The maximum absolute atomic E-state index is 12.7. The lowest BCUT2D eigenvalue weighted by atomic mass is 10.00. The van der Waals surface area contributed by atoms with E-state index in [0.717, 1.165) is 50.2 Å². The minimum absolute atomic E-state index is 0.000734. The summed E-state index contributed by atoms with van der Waals surface area (Å²) in [6.45, 7) is 3.67. The summed E-state index contributed by atoms with van der Waals surface area (Å²) in [5.41, 5.74) is 2.99. The van der Waals surface area contributed by atoms with Crippen molar-refractivity contribution in [3.63, 3.8) is 0 Å². The van der Waals surface area contributed by atoms with Crippen LogP contribution in [-0.2, 0) is 11.3 Å². The van der Waals surface area contributed by atoms with Crippen LogP contribution in [0, 0.1) is 0 Å². The summed E-state index contributed by atoms with van der Waals surface area (Å²) in [6, 6.07) is 15.9. The highest BCUT2D eigenvalue weighted by Crippen LogP contribution is 2.31. The molecule has 0 aromatic heterocycles. The topological polar surface area (TPSA) is 50.8 Å². The van der Waals surface area contributed by atoms with Gasteiger partial charge in [0, 0.05) is 44.3 Å². The van der Waals surface area contributed by atoms with E-state index in [0.29, 0.717) is 18.3 Å². The number of hydrogen-bond acceptors (Lipinski definition) is 4. The average Bonchev–Trinajstić information content (AvgIpc) is 2.75. The third-order valence-corrected chi connectivity index (χ3v) is 5.75. The number of para-hydroxylation sites is 1. The largest absolute Gasteiger partial charge is 0.493 e. The SMILES string of the molecule is COC1CCN(Cc2ccc(C(=O)N[C@H]3CCOc4ccccc43)cc2)CC1. The highest BCUT2D eigenvalue weighted by Gasteiger charge is 2.23. The van der Waals surface area contributed by atoms with Gasteiger partial charge in [-0.15, -0.1) is 0 Å². The van der Waals surface area contributed by atoms with Crippen molar-refractivity contribution in [2.24, 2.45) is 0 Å². The highest BCUT2D eigenvalue weighted by molar-refractivity contribution is 5.94. The summed E-state index contributed by atoms with van der Waals surface area (Å²) in [7, 11) is 1.79. The number of rotatable bonds is 5. The van der Waals surface area contributed by atoms with E-state index in [1.54, 1.807) is 7.11 Å². The number of carbonyl (C=O) groups is 1. The Kier molecular flexibility index (Phi) is 5.93. The zero-order valence-electron chi connectivity index (χ0n) is 16.4. The molecule has 2 aliphatic rings. The maximum Gasteiger partial charge on any atom is 0.251 e. The van der Waals surface area contributed by atoms with Crippen molar-refractivity contribution >= 4 is 5.91 Å². The van der Waals surface area contributed by atoms with E-state index in [2.05, 4.69) is 22.3 Å². The predicted octanol–water partition coefficient (Wildman–Crippen LogP) is 3.55. The molecular formula is C23H28N2O3. The van der Waals surface area contributed by atoms with Gasteiger partial charge in [-0.3, -0.25) is 9.69 Å². The van der Waals surface area contributed by atoms with E-state index in [4.69, 9.17) is 9.47 Å². The number of nitrogens with one attached hydrogen (secondary N) is 1. The lowest BCUT2D eigenvalue weighted by Crippen LogP contribution is -2.36. The minimum atomic E-state index is -0.0332. The van der Waals surface area contributed by atoms with Crippen LogP contribution in [0.5, 0.6) is 5.75 Å². The summed E-state index contributed by atoms with van der Waals surface area (Å²) in [6.07, 6.45) is 3.36. The molecule has 2 aromatic carbocycles. The van der Waals surface area contributed by atoms with E-state index < -0.39 is 0 Å². The second kappa shape index (κ2) is 8.76. The molecule has 2 aromatic rings. The molecule has 1 fully saturated rings. The average molecular weight is 380 g/mol. The normalized spacial score (nSPS) is 20.2. The zero-order valence-corrected chi connectivity index (χ0v) is 16.4. The molecule has 2 heterocycles. The number of methoxy groups -OCH3 is 1. The van der Waals surface area contributed by atoms with Crippen LogP contribution in [0.3, 0.4) is 0 Å². The van der Waals surface area contributed by atoms with E-state index in [9.17, 15) is 4.79 Å². The lowest BCUT2D eigenvalue weighted by molar-refractivity contribution is 0.0388. The first-order valence-corrected chi connectivity index (χ1v) is 10.1. The Bertz CT molecular complexity index is 798. The minimum Gasteiger partial charge on any atom is -0.493 e. The van der Waals surface area contributed by atoms with E-state index in [1.807, 2.05) is 36.4 Å². The third kappa shape index (κ3) is 4.37. The number of nitrogens with zero attached hydrogens (tertiary/aromatic N) is 1. The third-order valence-electron chi connectivity index (χ3n) is 5.75. The Morgan fingerprint density at radius 2 is 1.86 bits per heavy atom. The number of fused-ring (bicyclic) bond motifs is 1. The van der Waals surface area contributed by atoms with E-state index >= 15 is 0 Å². The molecule has 2 aliphatic heterocycles. The molecule has 0 aliphatic carbocycles. The van der Waals surface area contributed by atoms with Gasteiger partial charge in [0.2, 0.25) is 0 Å². The van der Waals surface area contributed by atoms with E-state index in [-0.39, 0.29) is 11.9 Å². The van der Waals surface area contributed by atoms with Crippen LogP contribution in [0.1, 0.15) is 46.8 Å². The van der Waals surface area contributed by atoms with Gasteiger partial charge in [-0.25, -0.2) is 0 Å². The van der Waals surface area contributed by atoms with Crippen LogP contribution < -0.4 is 10.1 Å². The molecule has 5 nitrogen and oxygen atoms in total. The summed E-state index contributed by atoms with van der Waals surface area (Å²) >= 11 is 0. The van der Waals surface area contributed by atoms with Crippen molar-refractivity contribution in [3.8, 4) is 5.75 Å². The van der Waals surface area contributed by atoms with Crippen molar-refractivity contribution < 1.29 is 14.3 Å². The Labute approximate surface area is 166 Å². The van der Waals surface area contributed by atoms with Gasteiger partial charge in [0.05, 0.1) is 18.8 Å². The molecule has 1 N–H and O–H groups in total. The van der Waals surface area contributed by atoms with Crippen LogP contribution in [0.15, 0.2) is 48.5 Å². The van der Waals surface area contributed by atoms with Crippen molar-refractivity contribution in [2.45, 2.75) is 38.0 Å². The molecule has 1 amide bonds. The summed E-state index contributed by atoms with van der Waals surface area (Å²) in [5, 5.41) is 3.16. The fourth-order valence-electron chi connectivity index (χ4n) is 4.06. The number of amides is 1. The van der Waals surface area contributed by atoms with Crippen molar-refractivity contribution in [1.82, 2.24) is 10.2 Å². The molecule has 5 heteroatoms. The quantitative estimate of drug-likeness (QED) is 0.862. The first kappa shape index (κ1) is 19.0. The monoisotopic (exact) mass is 380 g/mol. The fourth-order valence-corrected chi connectivity index (χ4v) is 4.06. The number of hydrogen-bond donors (Lipinski definition) is 1. The number of piperidine rings is 1. The predicted molar refractivity (Wildman–Crippen MR) is 109 cm³/mol. The molecule has 1 saturated heterocycles. The summed E-state index contributed by atoms with van der Waals surface area (Å²) in [5.74, 6) is 0.834. The molecule has 0 spiro atoms. The first-order chi connectivity index (χ1) is 13.7. The Morgan fingerprint density at radius 3 is 2.61 bits per heavy atom. The summed E-state index contributed by atoms with van der Waals surface area (Å²) < 4.78 is 11.1. The molecule has 1 atom stereocenters. The molecule has 4 rings (SSSR count). The molecule has 0 unspecified atom stereocenters. The van der Waals surface area contributed by atoms with Crippen molar-refractivity contribution in [2.75, 3.05) is 26.8 Å². The van der Waals surface area contributed by atoms with Crippen LogP contribution in [0.25, 0.3) is 0 Å². The van der Waals surface area contributed by atoms with Gasteiger partial charge in [0.1, 0.15) is 5.75 Å². The lowest BCUT2D eigenvalue weighted by Gasteiger charge is -2.31. The number of benzene rings is 2. The maximum atomic E-state index is 12.7. The first-order valence-electron chi connectivity index (χ1n) is 10.1. The second-order valence-electron chi connectivity index (χ2n) is 7.61. The molecule has 0 bridgehead atoms. The number of likely N-dealkylation sites (tertiary alicyclic amines) is 1. The molecule has 0 radical (unpaired) electrons. The number of carbonyl (C=O) groups excluding carboxylic acids is 1. The van der Waals surface area contributed by atoms with Gasteiger partial charge < -0.3 is 14.8 Å². The zero-order chi connectivity index (χ0) is 19.3. The van der Waals surface area contributed by atoms with Crippen molar-refractivity contribution in [3.05, 3.63) is 65.2 Å². The van der Waals surface area contributed by atoms with Crippen LogP contribution in [0.4, 0.5) is 0 Å². The van der Waals surface area contributed by atoms with Gasteiger partial charge in [-0.1, -0.05) is 30.3 Å². The Balaban J connectivity index is 1.35. The number of ether oxygens (including phenoxy) is 2. The fraction of sp³-hybridized carbons (Fsp3) is 0.435. The van der Waals surface area contributed by atoms with E-state index in [1.165, 1.54) is 5.56 Å². The van der Waals surface area contributed by atoms with Crippen molar-refractivity contribution in [1.29, 1.82) is 0 Å². The van der Waals surface area contributed by atoms with Gasteiger partial charge in [-0.05, 0) is 36.6 Å². The van der Waals surface area contributed by atoms with Crippen LogP contribution in [-0.4, -0.2) is 43.7 Å². The van der Waals surface area contributed by atoms with Gasteiger partial charge in [0.25, 0.3) is 5.91 Å². The Morgan fingerprint density at radius 1 is 1.11 bits per heavy atom. The van der Waals surface area contributed by atoms with Gasteiger partial charge >= 0.3 is 0 Å². The molecule has 28 heavy (non-hydrogen) atoms. The second-order valence-corrected chi connectivity index (χ2v) is 7.61. The van der Waals surface area contributed by atoms with Crippen LogP contribution >= 0.6 is 0 Å². The van der Waals surface area contributed by atoms with Gasteiger partial charge in [0.15, 0.2) is 0 Å². The van der Waals surface area contributed by atoms with Crippen LogP contribution in [0.2, 0.25) is 0 Å². The standard InChI is InChI=1S/C23H28N2O3/c1-27-19-10-13-25(14-11-19)16-17-6-8-18(9-7-17)23(26)24-21-12-15-28-22-5-3-2-4-20(21)22/h2-9,19,21H,10-16H2,1H3,(H,24,26)/t21-/m0/s1. The van der Waals surface area contributed by atoms with Gasteiger partial charge in [-0.2, -0.15) is 0 Å². The Hall–Kier alpha value is -2.37. The highest BCUT2D eigenvalue weighted by atomic mass is 16.5. The molecule has 148 valence electrons. The smallest absolute Gasteiger partial charge is 0.251 e. The summed E-state index contributed by atoms with van der Waals surface area (Å²) in [4.78, 5) is 15.2. The molecule has 0 saturated carbocycles.